The number of carbonyl (C=O) groups is 2. The smallest absolute Gasteiger partial charge is 0.306 e. The number of hydrogen-bond donors (Lipinski definition) is 0. The first kappa shape index (κ1) is 20.1. The molecule has 0 aliphatic heterocycles. The van der Waals surface area contributed by atoms with Crippen molar-refractivity contribution in [1.82, 2.24) is 14.1 Å². The molecule has 0 unspecified atom stereocenters. The molecule has 3 aromatic rings. The minimum Gasteiger partial charge on any atom is -0.457 e. The maximum absolute atomic E-state index is 12.5. The number of benzene rings is 1. The number of ether oxygens (including phenoxy) is 1. The third-order valence-electron chi connectivity index (χ3n) is 5.69. The lowest BCUT2D eigenvalue weighted by atomic mass is 10.1. The molecule has 1 fully saturated rings. The van der Waals surface area contributed by atoms with Gasteiger partial charge in [-0.15, -0.1) is 0 Å². The number of aryl methyl sites for hydroxylation is 2. The summed E-state index contributed by atoms with van der Waals surface area (Å²) in [5.41, 5.74) is 3.07. The van der Waals surface area contributed by atoms with Gasteiger partial charge in [-0.3, -0.25) is 19.0 Å². The molecule has 156 valence electrons. The number of hydrogen-bond acceptors (Lipinski definition) is 5. The number of carbonyl (C=O) groups excluding carboxylic acids is 2. The third kappa shape index (κ3) is 3.79. The van der Waals surface area contributed by atoms with Gasteiger partial charge in [0.1, 0.15) is 5.82 Å². The molecule has 0 atom stereocenters. The number of fused-ring (bicyclic) bond motifs is 1. The summed E-state index contributed by atoms with van der Waals surface area (Å²) in [5.74, 6) is -0.170. The fourth-order valence-corrected chi connectivity index (χ4v) is 3.95. The van der Waals surface area contributed by atoms with Crippen molar-refractivity contribution in [1.29, 1.82) is 0 Å². The van der Waals surface area contributed by atoms with E-state index in [2.05, 4.69) is 9.55 Å². The van der Waals surface area contributed by atoms with Crippen LogP contribution in [0.5, 0.6) is 0 Å². The lowest BCUT2D eigenvalue weighted by Gasteiger charge is -2.09. The third-order valence-corrected chi connectivity index (χ3v) is 5.69. The summed E-state index contributed by atoms with van der Waals surface area (Å²) >= 11 is 0. The quantitative estimate of drug-likeness (QED) is 0.444. The predicted octanol–water partition coefficient (Wildman–Crippen LogP) is 3.05. The molecule has 1 aliphatic rings. The maximum atomic E-state index is 12.5. The average Bonchev–Trinajstić information content (AvgIpc) is 3.52. The van der Waals surface area contributed by atoms with E-state index in [-0.39, 0.29) is 30.8 Å². The molecule has 30 heavy (non-hydrogen) atoms. The van der Waals surface area contributed by atoms with Gasteiger partial charge in [-0.25, -0.2) is 4.98 Å². The first-order valence-corrected chi connectivity index (χ1v) is 10.2. The van der Waals surface area contributed by atoms with Crippen LogP contribution in [-0.4, -0.2) is 32.5 Å². The van der Waals surface area contributed by atoms with Crippen LogP contribution < -0.4 is 5.56 Å². The van der Waals surface area contributed by atoms with Crippen molar-refractivity contribution < 1.29 is 14.3 Å². The van der Waals surface area contributed by atoms with Gasteiger partial charge in [-0.2, -0.15) is 0 Å². The first-order valence-electron chi connectivity index (χ1n) is 10.2. The molecule has 2 aromatic heterocycles. The van der Waals surface area contributed by atoms with Crippen molar-refractivity contribution >= 4 is 22.7 Å². The van der Waals surface area contributed by atoms with E-state index in [4.69, 9.17) is 4.74 Å². The van der Waals surface area contributed by atoms with Crippen LogP contribution in [0.4, 0.5) is 0 Å². The number of esters is 1. The van der Waals surface area contributed by atoms with Gasteiger partial charge in [0.25, 0.3) is 5.56 Å². The Morgan fingerprint density at radius 3 is 2.67 bits per heavy atom. The van der Waals surface area contributed by atoms with Crippen LogP contribution in [0.3, 0.4) is 0 Å². The Morgan fingerprint density at radius 2 is 1.93 bits per heavy atom. The lowest BCUT2D eigenvalue weighted by molar-refractivity contribution is -0.142. The van der Waals surface area contributed by atoms with E-state index in [9.17, 15) is 14.4 Å². The van der Waals surface area contributed by atoms with Crippen LogP contribution >= 0.6 is 0 Å². The van der Waals surface area contributed by atoms with Gasteiger partial charge in [-0.1, -0.05) is 12.1 Å². The van der Waals surface area contributed by atoms with Gasteiger partial charge < -0.3 is 9.30 Å². The Labute approximate surface area is 174 Å². The zero-order valence-electron chi connectivity index (χ0n) is 17.5. The van der Waals surface area contributed by atoms with Crippen LogP contribution in [-0.2, 0) is 23.0 Å². The van der Waals surface area contributed by atoms with Crippen LogP contribution in [0, 0.1) is 13.8 Å². The maximum Gasteiger partial charge on any atom is 0.306 e. The van der Waals surface area contributed by atoms with Crippen LogP contribution in [0.2, 0.25) is 0 Å². The highest BCUT2D eigenvalue weighted by atomic mass is 16.5. The molecular weight excluding hydrogens is 382 g/mol. The van der Waals surface area contributed by atoms with Crippen molar-refractivity contribution in [3.05, 3.63) is 63.5 Å². The Balaban J connectivity index is 1.37. The van der Waals surface area contributed by atoms with E-state index in [1.54, 1.807) is 25.2 Å². The van der Waals surface area contributed by atoms with Gasteiger partial charge in [0.2, 0.25) is 5.78 Å². The number of Topliss-reactive ketones (excluding diaryl/α,β-unsaturated/α-hetero) is 1. The number of para-hydroxylation sites is 1. The summed E-state index contributed by atoms with van der Waals surface area (Å²) in [5, 5.41) is 0.542. The van der Waals surface area contributed by atoms with Gasteiger partial charge in [0.15, 0.2) is 6.61 Å². The molecule has 1 aromatic carbocycles. The molecule has 1 saturated carbocycles. The molecule has 0 amide bonds. The minimum absolute atomic E-state index is 0.0486. The van der Waals surface area contributed by atoms with Crippen LogP contribution in [0.25, 0.3) is 10.9 Å². The van der Waals surface area contributed by atoms with Gasteiger partial charge in [0, 0.05) is 36.5 Å². The van der Waals surface area contributed by atoms with E-state index in [1.807, 2.05) is 26.0 Å². The molecule has 1 aliphatic carbocycles. The topological polar surface area (TPSA) is 83.2 Å². The predicted molar refractivity (Wildman–Crippen MR) is 113 cm³/mol. The largest absolute Gasteiger partial charge is 0.457 e. The second kappa shape index (κ2) is 7.89. The normalized spacial score (nSPS) is 13.6. The van der Waals surface area contributed by atoms with Gasteiger partial charge in [-0.05, 0) is 44.9 Å². The second-order valence-corrected chi connectivity index (χ2v) is 7.88. The van der Waals surface area contributed by atoms with E-state index in [0.29, 0.717) is 28.3 Å². The fourth-order valence-electron chi connectivity index (χ4n) is 3.95. The highest BCUT2D eigenvalue weighted by molar-refractivity contribution is 5.99. The zero-order chi connectivity index (χ0) is 21.4. The van der Waals surface area contributed by atoms with E-state index in [0.717, 1.165) is 24.2 Å². The standard InChI is InChI=1S/C23H25N3O4/c1-14-12-18(15(2)26(14)16-8-9-16)20(27)13-30-22(28)11-10-21-24-19-7-5-4-6-17(19)23(29)25(21)3/h4-7,12,16H,8-11,13H2,1-3H3. The van der Waals surface area contributed by atoms with Crippen molar-refractivity contribution in [3.8, 4) is 0 Å². The monoisotopic (exact) mass is 407 g/mol. The molecule has 0 radical (unpaired) electrons. The molecular formula is C23H25N3O4. The average molecular weight is 407 g/mol. The Kier molecular flexibility index (Phi) is 5.28. The fraction of sp³-hybridized carbons (Fsp3) is 0.391. The number of rotatable bonds is 7. The van der Waals surface area contributed by atoms with E-state index >= 15 is 0 Å². The number of nitrogens with zero attached hydrogens (tertiary/aromatic N) is 3. The highest BCUT2D eigenvalue weighted by Gasteiger charge is 2.28. The summed E-state index contributed by atoms with van der Waals surface area (Å²) in [7, 11) is 1.64. The number of ketones is 1. The lowest BCUT2D eigenvalue weighted by Crippen LogP contribution is -2.23. The van der Waals surface area contributed by atoms with Crippen molar-refractivity contribution in [2.75, 3.05) is 6.61 Å². The van der Waals surface area contributed by atoms with Crippen LogP contribution in [0.15, 0.2) is 35.1 Å². The Hall–Kier alpha value is -3.22. The van der Waals surface area contributed by atoms with Gasteiger partial charge in [0.05, 0.1) is 17.3 Å². The van der Waals surface area contributed by atoms with Crippen LogP contribution in [0.1, 0.15) is 52.9 Å². The molecule has 0 saturated heterocycles. The molecule has 0 N–H and O–H groups in total. The summed E-state index contributed by atoms with van der Waals surface area (Å²) in [6, 6.07) is 9.48. The summed E-state index contributed by atoms with van der Waals surface area (Å²) in [6.07, 6.45) is 2.60. The molecule has 2 heterocycles. The zero-order valence-corrected chi connectivity index (χ0v) is 17.5. The molecule has 0 bridgehead atoms. The van der Waals surface area contributed by atoms with Crippen molar-refractivity contribution in [2.45, 2.75) is 45.6 Å². The van der Waals surface area contributed by atoms with Crippen molar-refractivity contribution in [2.24, 2.45) is 7.05 Å². The molecule has 7 heteroatoms. The Morgan fingerprint density at radius 1 is 1.20 bits per heavy atom. The van der Waals surface area contributed by atoms with Gasteiger partial charge >= 0.3 is 5.97 Å². The summed E-state index contributed by atoms with van der Waals surface area (Å²) < 4.78 is 8.85. The molecule has 7 nitrogen and oxygen atoms in total. The minimum atomic E-state index is -0.484. The first-order chi connectivity index (χ1) is 14.4. The van der Waals surface area contributed by atoms with E-state index in [1.165, 1.54) is 4.57 Å². The summed E-state index contributed by atoms with van der Waals surface area (Å²) in [4.78, 5) is 41.7. The summed E-state index contributed by atoms with van der Waals surface area (Å²) in [6.45, 7) is 3.65. The molecule has 0 spiro atoms. The second-order valence-electron chi connectivity index (χ2n) is 7.88. The number of aromatic nitrogens is 3. The van der Waals surface area contributed by atoms with E-state index < -0.39 is 5.97 Å². The SMILES string of the molecule is Cc1cc(C(=O)COC(=O)CCc2nc3ccccc3c(=O)n2C)c(C)n1C1CC1. The highest BCUT2D eigenvalue weighted by Crippen LogP contribution is 2.38. The van der Waals surface area contributed by atoms with Crippen molar-refractivity contribution in [3.63, 3.8) is 0 Å². The Bertz CT molecular complexity index is 1200. The molecule has 4 rings (SSSR count).